The first-order chi connectivity index (χ1) is 15.5. The molecule has 0 radical (unpaired) electrons. The Bertz CT molecular complexity index is 1370. The minimum absolute atomic E-state index is 0.639. The van der Waals surface area contributed by atoms with E-state index in [4.69, 9.17) is 4.98 Å². The molecule has 0 amide bonds. The fourth-order valence-corrected chi connectivity index (χ4v) is 4.03. The van der Waals surface area contributed by atoms with Gasteiger partial charge in [-0.2, -0.15) is 13.2 Å². The van der Waals surface area contributed by atoms with Crippen molar-refractivity contribution in [2.24, 2.45) is 0 Å². The van der Waals surface area contributed by atoms with Gasteiger partial charge in [-0.05, 0) is 29.3 Å². The van der Waals surface area contributed by atoms with Crippen LogP contribution in [0.25, 0.3) is 44.4 Å². The largest absolute Gasteiger partial charge is 0.416 e. The second-order valence-corrected chi connectivity index (χ2v) is 7.53. The highest BCUT2D eigenvalue weighted by Crippen LogP contribution is 2.43. The van der Waals surface area contributed by atoms with Crippen molar-refractivity contribution >= 4 is 10.9 Å². The number of alkyl halides is 3. The van der Waals surface area contributed by atoms with Gasteiger partial charge in [0.25, 0.3) is 0 Å². The number of benzene rings is 4. The molecule has 0 fully saturated rings. The summed E-state index contributed by atoms with van der Waals surface area (Å²) in [5, 5.41) is 0.994. The zero-order valence-electron chi connectivity index (χ0n) is 17.0. The van der Waals surface area contributed by atoms with Crippen LogP contribution in [0.2, 0.25) is 0 Å². The molecule has 0 aliphatic carbocycles. The first kappa shape index (κ1) is 20.0. The highest BCUT2D eigenvalue weighted by atomic mass is 19.4. The monoisotopic (exact) mass is 425 g/mol. The van der Waals surface area contributed by atoms with Crippen LogP contribution in [0.3, 0.4) is 0 Å². The zero-order chi connectivity index (χ0) is 22.1. The first-order valence-corrected chi connectivity index (χ1v) is 10.2. The number of nitrogens with zero attached hydrogens (tertiary/aromatic N) is 1. The van der Waals surface area contributed by atoms with E-state index >= 15 is 0 Å². The standard InChI is InChI=1S/C28H18F3N/c29-28(30,31)22-17-15-21(16-18-22)27-26(20-11-5-2-6-12-20)25(19-9-3-1-4-10-19)23-13-7-8-14-24(23)32-27/h1-18H. The quantitative estimate of drug-likeness (QED) is 0.284. The number of hydrogen-bond acceptors (Lipinski definition) is 1. The molecule has 0 saturated heterocycles. The molecule has 0 unspecified atom stereocenters. The lowest BCUT2D eigenvalue weighted by Crippen LogP contribution is -2.04. The van der Waals surface area contributed by atoms with Crippen molar-refractivity contribution in [2.75, 3.05) is 0 Å². The van der Waals surface area contributed by atoms with Gasteiger partial charge in [0.2, 0.25) is 0 Å². The summed E-state index contributed by atoms with van der Waals surface area (Å²) in [6, 6.07) is 33.0. The molecule has 1 heterocycles. The summed E-state index contributed by atoms with van der Waals surface area (Å²) in [6.07, 6.45) is -4.38. The molecule has 0 bridgehead atoms. The van der Waals surface area contributed by atoms with Crippen LogP contribution < -0.4 is 0 Å². The third-order valence-electron chi connectivity index (χ3n) is 5.50. The van der Waals surface area contributed by atoms with Crippen LogP contribution in [-0.4, -0.2) is 4.98 Å². The van der Waals surface area contributed by atoms with E-state index in [0.717, 1.165) is 45.3 Å². The van der Waals surface area contributed by atoms with Crippen LogP contribution in [0, 0.1) is 0 Å². The molecule has 0 saturated carbocycles. The highest BCUT2D eigenvalue weighted by molar-refractivity contribution is 6.06. The summed E-state index contributed by atoms with van der Waals surface area (Å²) < 4.78 is 39.4. The molecule has 5 aromatic rings. The van der Waals surface area contributed by atoms with E-state index < -0.39 is 11.7 Å². The zero-order valence-corrected chi connectivity index (χ0v) is 17.0. The fourth-order valence-electron chi connectivity index (χ4n) is 4.03. The van der Waals surface area contributed by atoms with Crippen molar-refractivity contribution in [3.8, 4) is 33.5 Å². The SMILES string of the molecule is FC(F)(F)c1ccc(-c2nc3ccccc3c(-c3ccccc3)c2-c2ccccc2)cc1. The molecular weight excluding hydrogens is 407 g/mol. The lowest BCUT2D eigenvalue weighted by molar-refractivity contribution is -0.137. The second-order valence-electron chi connectivity index (χ2n) is 7.53. The molecule has 1 aromatic heterocycles. The molecule has 0 aliphatic heterocycles. The third kappa shape index (κ3) is 3.65. The predicted octanol–water partition coefficient (Wildman–Crippen LogP) is 8.25. The van der Waals surface area contributed by atoms with Crippen molar-refractivity contribution in [3.05, 3.63) is 115 Å². The Hall–Kier alpha value is -3.92. The molecule has 32 heavy (non-hydrogen) atoms. The van der Waals surface area contributed by atoms with E-state index in [1.807, 2.05) is 84.9 Å². The maximum Gasteiger partial charge on any atom is 0.416 e. The number of fused-ring (bicyclic) bond motifs is 1. The van der Waals surface area contributed by atoms with Gasteiger partial charge < -0.3 is 0 Å². The summed E-state index contributed by atoms with van der Waals surface area (Å²) in [5.41, 5.74) is 5.31. The molecule has 1 nitrogen and oxygen atoms in total. The molecule has 156 valence electrons. The van der Waals surface area contributed by atoms with Gasteiger partial charge in [0, 0.05) is 22.1 Å². The van der Waals surface area contributed by atoms with E-state index in [2.05, 4.69) is 0 Å². The van der Waals surface area contributed by atoms with Gasteiger partial charge in [-0.15, -0.1) is 0 Å². The van der Waals surface area contributed by atoms with Gasteiger partial charge in [-0.25, -0.2) is 4.98 Å². The Labute approximate surface area is 183 Å². The predicted molar refractivity (Wildman–Crippen MR) is 123 cm³/mol. The Balaban J connectivity index is 1.87. The summed E-state index contributed by atoms with van der Waals surface area (Å²) in [6.45, 7) is 0. The molecular formula is C28H18F3N. The number of halogens is 3. The minimum atomic E-state index is -4.38. The van der Waals surface area contributed by atoms with Crippen LogP contribution in [0.15, 0.2) is 109 Å². The summed E-state index contributed by atoms with van der Waals surface area (Å²) in [7, 11) is 0. The molecule has 4 aromatic carbocycles. The third-order valence-corrected chi connectivity index (χ3v) is 5.50. The molecule has 0 N–H and O–H groups in total. The lowest BCUT2D eigenvalue weighted by atomic mass is 9.88. The lowest BCUT2D eigenvalue weighted by Gasteiger charge is -2.19. The van der Waals surface area contributed by atoms with E-state index in [1.54, 1.807) is 0 Å². The summed E-state index contributed by atoms with van der Waals surface area (Å²) in [5.74, 6) is 0. The normalized spacial score (nSPS) is 11.6. The Morgan fingerprint density at radius 2 is 1.03 bits per heavy atom. The Morgan fingerprint density at radius 3 is 1.62 bits per heavy atom. The van der Waals surface area contributed by atoms with E-state index in [-0.39, 0.29) is 0 Å². The summed E-state index contributed by atoms with van der Waals surface area (Å²) in [4.78, 5) is 4.92. The second kappa shape index (κ2) is 7.97. The van der Waals surface area contributed by atoms with Gasteiger partial charge in [-0.1, -0.05) is 91.0 Å². The maximum absolute atomic E-state index is 13.1. The van der Waals surface area contributed by atoms with Crippen molar-refractivity contribution in [1.29, 1.82) is 0 Å². The number of aromatic nitrogens is 1. The van der Waals surface area contributed by atoms with E-state index in [9.17, 15) is 13.2 Å². The van der Waals surface area contributed by atoms with Crippen LogP contribution in [-0.2, 0) is 6.18 Å². The number of hydrogen-bond donors (Lipinski definition) is 0. The van der Waals surface area contributed by atoms with Crippen LogP contribution >= 0.6 is 0 Å². The van der Waals surface area contributed by atoms with Crippen LogP contribution in [0.5, 0.6) is 0 Å². The number of para-hydroxylation sites is 1. The minimum Gasteiger partial charge on any atom is -0.247 e. The van der Waals surface area contributed by atoms with Gasteiger partial charge >= 0.3 is 6.18 Å². The first-order valence-electron chi connectivity index (χ1n) is 10.2. The fraction of sp³-hybridized carbons (Fsp3) is 0.0357. The smallest absolute Gasteiger partial charge is 0.247 e. The molecule has 0 atom stereocenters. The topological polar surface area (TPSA) is 12.9 Å². The van der Waals surface area contributed by atoms with E-state index in [1.165, 1.54) is 12.1 Å². The number of pyridine rings is 1. The molecule has 0 spiro atoms. The van der Waals surface area contributed by atoms with Gasteiger partial charge in [-0.3, -0.25) is 0 Å². The van der Waals surface area contributed by atoms with Crippen molar-refractivity contribution < 1.29 is 13.2 Å². The van der Waals surface area contributed by atoms with Crippen molar-refractivity contribution in [1.82, 2.24) is 4.98 Å². The van der Waals surface area contributed by atoms with Crippen LogP contribution in [0.1, 0.15) is 5.56 Å². The van der Waals surface area contributed by atoms with Crippen LogP contribution in [0.4, 0.5) is 13.2 Å². The Kier molecular flexibility index (Phi) is 4.98. The van der Waals surface area contributed by atoms with Gasteiger partial charge in [0.1, 0.15) is 0 Å². The molecule has 0 aliphatic rings. The molecule has 5 rings (SSSR count). The summed E-state index contributed by atoms with van der Waals surface area (Å²) >= 11 is 0. The average molecular weight is 425 g/mol. The van der Waals surface area contributed by atoms with Gasteiger partial charge in [0.15, 0.2) is 0 Å². The maximum atomic E-state index is 13.1. The van der Waals surface area contributed by atoms with Gasteiger partial charge in [0.05, 0.1) is 16.8 Å². The average Bonchev–Trinajstić information content (AvgIpc) is 2.83. The van der Waals surface area contributed by atoms with Crippen molar-refractivity contribution in [3.63, 3.8) is 0 Å². The van der Waals surface area contributed by atoms with E-state index in [0.29, 0.717) is 11.3 Å². The van der Waals surface area contributed by atoms with Crippen molar-refractivity contribution in [2.45, 2.75) is 6.18 Å². The number of rotatable bonds is 3. The Morgan fingerprint density at radius 1 is 0.500 bits per heavy atom. The highest BCUT2D eigenvalue weighted by Gasteiger charge is 2.30. The molecule has 4 heteroatoms.